The maximum atomic E-state index is 11.9. The maximum absolute atomic E-state index is 11.9. The summed E-state index contributed by atoms with van der Waals surface area (Å²) < 4.78 is 25.1. The van der Waals surface area contributed by atoms with Crippen LogP contribution in [0.3, 0.4) is 0 Å². The van der Waals surface area contributed by atoms with Crippen molar-refractivity contribution in [3.63, 3.8) is 0 Å². The van der Waals surface area contributed by atoms with Crippen LogP contribution in [0.25, 0.3) is 0 Å². The first-order chi connectivity index (χ1) is 7.77. The smallest absolute Gasteiger partial charge is 0.179 e. The van der Waals surface area contributed by atoms with Gasteiger partial charge in [-0.1, -0.05) is 6.92 Å². The summed E-state index contributed by atoms with van der Waals surface area (Å²) in [5, 5.41) is -0.479. The second-order valence-corrected chi connectivity index (χ2v) is 9.86. The van der Waals surface area contributed by atoms with Crippen LogP contribution in [0, 0.1) is 0 Å². The van der Waals surface area contributed by atoms with Crippen LogP contribution in [0.4, 0.5) is 0 Å². The Morgan fingerprint density at radius 3 is 2.47 bits per heavy atom. The number of thiophene rings is 1. The SMILES string of the molecule is CCC(C)S(=O)(=O)CC(=O)c1cc(Br)sc1Br. The molecule has 1 heterocycles. The van der Waals surface area contributed by atoms with Crippen LogP contribution in [0.1, 0.15) is 30.6 Å². The van der Waals surface area contributed by atoms with E-state index in [1.807, 2.05) is 0 Å². The molecule has 0 amide bonds. The molecule has 0 saturated heterocycles. The summed E-state index contributed by atoms with van der Waals surface area (Å²) in [4.78, 5) is 11.9. The molecule has 7 heteroatoms. The summed E-state index contributed by atoms with van der Waals surface area (Å²) in [5.74, 6) is -0.789. The number of Topliss-reactive ketones (excluding diaryl/α,β-unsaturated/α-hetero) is 1. The lowest BCUT2D eigenvalue weighted by Gasteiger charge is -2.09. The molecule has 1 aromatic rings. The zero-order valence-electron chi connectivity index (χ0n) is 9.37. The Kier molecular flexibility index (Phi) is 5.37. The Bertz CT molecular complexity index is 520. The number of rotatable bonds is 5. The van der Waals surface area contributed by atoms with Crippen molar-refractivity contribution in [2.45, 2.75) is 25.5 Å². The molecule has 96 valence electrons. The third kappa shape index (κ3) is 3.87. The molecule has 0 bridgehead atoms. The second-order valence-electron chi connectivity index (χ2n) is 3.69. The van der Waals surface area contributed by atoms with Gasteiger partial charge in [0.1, 0.15) is 5.75 Å². The van der Waals surface area contributed by atoms with Crippen LogP contribution in [-0.2, 0) is 9.84 Å². The van der Waals surface area contributed by atoms with Gasteiger partial charge < -0.3 is 0 Å². The molecule has 3 nitrogen and oxygen atoms in total. The Morgan fingerprint density at radius 1 is 1.47 bits per heavy atom. The maximum Gasteiger partial charge on any atom is 0.179 e. The minimum absolute atomic E-state index is 0.362. The second kappa shape index (κ2) is 5.95. The van der Waals surface area contributed by atoms with Gasteiger partial charge in [-0.3, -0.25) is 4.79 Å². The molecule has 0 fully saturated rings. The van der Waals surface area contributed by atoms with Crippen molar-refractivity contribution in [2.24, 2.45) is 0 Å². The molecule has 0 aliphatic carbocycles. The van der Waals surface area contributed by atoms with Crippen molar-refractivity contribution in [3.8, 4) is 0 Å². The number of carbonyl (C=O) groups is 1. The molecule has 0 aliphatic rings. The van der Waals surface area contributed by atoms with E-state index < -0.39 is 20.8 Å². The topological polar surface area (TPSA) is 51.2 Å². The van der Waals surface area contributed by atoms with E-state index in [0.717, 1.165) is 3.79 Å². The van der Waals surface area contributed by atoms with Crippen LogP contribution in [0.2, 0.25) is 0 Å². The van der Waals surface area contributed by atoms with Gasteiger partial charge in [-0.2, -0.15) is 0 Å². The Balaban J connectivity index is 2.91. The molecule has 17 heavy (non-hydrogen) atoms. The van der Waals surface area contributed by atoms with Gasteiger partial charge in [0.25, 0.3) is 0 Å². The summed E-state index contributed by atoms with van der Waals surface area (Å²) in [7, 11) is -3.35. The first-order valence-electron chi connectivity index (χ1n) is 4.97. The number of halogens is 2. The Morgan fingerprint density at radius 2 is 2.06 bits per heavy atom. The minimum atomic E-state index is -3.35. The molecule has 0 radical (unpaired) electrons. The van der Waals surface area contributed by atoms with Crippen molar-refractivity contribution in [1.29, 1.82) is 0 Å². The number of sulfone groups is 1. The van der Waals surface area contributed by atoms with Crippen LogP contribution in [-0.4, -0.2) is 25.2 Å². The highest BCUT2D eigenvalue weighted by Crippen LogP contribution is 2.32. The molecule has 0 saturated carbocycles. The lowest BCUT2D eigenvalue weighted by atomic mass is 10.2. The van der Waals surface area contributed by atoms with Gasteiger partial charge in [-0.15, -0.1) is 11.3 Å². The van der Waals surface area contributed by atoms with Gasteiger partial charge in [0, 0.05) is 5.56 Å². The van der Waals surface area contributed by atoms with E-state index in [-0.39, 0.29) is 5.78 Å². The highest BCUT2D eigenvalue weighted by Gasteiger charge is 2.25. The summed E-state index contributed by atoms with van der Waals surface area (Å²) in [5.41, 5.74) is 0.425. The highest BCUT2D eigenvalue weighted by molar-refractivity contribution is 9.12. The lowest BCUT2D eigenvalue weighted by molar-refractivity contribution is 0.102. The van der Waals surface area contributed by atoms with Gasteiger partial charge in [-0.05, 0) is 51.3 Å². The largest absolute Gasteiger partial charge is 0.293 e. The molecule has 1 rings (SSSR count). The zero-order valence-corrected chi connectivity index (χ0v) is 14.2. The van der Waals surface area contributed by atoms with E-state index in [9.17, 15) is 13.2 Å². The van der Waals surface area contributed by atoms with Crippen LogP contribution >= 0.6 is 43.2 Å². The summed E-state index contributed by atoms with van der Waals surface area (Å²) in [6.07, 6.45) is 0.518. The van der Waals surface area contributed by atoms with Gasteiger partial charge in [-0.25, -0.2) is 8.42 Å². The van der Waals surface area contributed by atoms with Crippen molar-refractivity contribution >= 4 is 58.8 Å². The number of ketones is 1. The van der Waals surface area contributed by atoms with E-state index in [4.69, 9.17) is 0 Å². The van der Waals surface area contributed by atoms with Crippen molar-refractivity contribution in [2.75, 3.05) is 5.75 Å². The molecule has 0 aromatic carbocycles. The van der Waals surface area contributed by atoms with Crippen molar-refractivity contribution in [3.05, 3.63) is 19.2 Å². The molecule has 0 N–H and O–H groups in total. The summed E-state index contributed by atoms with van der Waals surface area (Å²) in [6, 6.07) is 1.64. The zero-order chi connectivity index (χ0) is 13.2. The lowest BCUT2D eigenvalue weighted by Crippen LogP contribution is -2.25. The monoisotopic (exact) mass is 402 g/mol. The molecule has 1 atom stereocenters. The predicted molar refractivity (Wildman–Crippen MR) is 77.6 cm³/mol. The number of hydrogen-bond donors (Lipinski definition) is 0. The standard InChI is InChI=1S/C10H12Br2O3S2/c1-3-6(2)17(14,15)5-8(13)7-4-9(11)16-10(7)12/h4,6H,3,5H2,1-2H3. The molecular formula is C10H12Br2O3S2. The Hall–Kier alpha value is 0.280. The molecule has 0 aliphatic heterocycles. The van der Waals surface area contributed by atoms with E-state index in [1.54, 1.807) is 19.9 Å². The van der Waals surface area contributed by atoms with E-state index in [0.29, 0.717) is 15.8 Å². The molecule has 1 unspecified atom stereocenters. The Labute approximate surface area is 122 Å². The van der Waals surface area contributed by atoms with E-state index >= 15 is 0 Å². The first kappa shape index (κ1) is 15.3. The normalized spacial score (nSPS) is 13.6. The predicted octanol–water partition coefficient (Wildman–Crippen LogP) is 3.67. The molecule has 0 spiro atoms. The third-order valence-electron chi connectivity index (χ3n) is 2.48. The van der Waals surface area contributed by atoms with Crippen molar-refractivity contribution in [1.82, 2.24) is 0 Å². The number of carbonyl (C=O) groups excluding carboxylic acids is 1. The minimum Gasteiger partial charge on any atom is -0.293 e. The fourth-order valence-corrected chi connectivity index (χ4v) is 5.36. The van der Waals surface area contributed by atoms with Crippen LogP contribution < -0.4 is 0 Å². The van der Waals surface area contributed by atoms with Crippen LogP contribution in [0.5, 0.6) is 0 Å². The highest BCUT2D eigenvalue weighted by atomic mass is 79.9. The molecule has 1 aromatic heterocycles. The average molecular weight is 404 g/mol. The van der Waals surface area contributed by atoms with Gasteiger partial charge in [0.15, 0.2) is 15.6 Å². The fraction of sp³-hybridized carbons (Fsp3) is 0.500. The third-order valence-corrected chi connectivity index (χ3v) is 7.04. The van der Waals surface area contributed by atoms with E-state index in [2.05, 4.69) is 31.9 Å². The summed E-state index contributed by atoms with van der Waals surface area (Å²) in [6.45, 7) is 3.42. The quantitative estimate of drug-likeness (QED) is 0.704. The molecular weight excluding hydrogens is 392 g/mol. The van der Waals surface area contributed by atoms with Gasteiger partial charge >= 0.3 is 0 Å². The average Bonchev–Trinajstić information content (AvgIpc) is 2.56. The van der Waals surface area contributed by atoms with Gasteiger partial charge in [0.05, 0.1) is 12.8 Å². The number of hydrogen-bond acceptors (Lipinski definition) is 4. The van der Waals surface area contributed by atoms with Crippen LogP contribution in [0.15, 0.2) is 13.6 Å². The summed E-state index contributed by atoms with van der Waals surface area (Å²) >= 11 is 7.87. The van der Waals surface area contributed by atoms with Gasteiger partial charge in [0.2, 0.25) is 0 Å². The van der Waals surface area contributed by atoms with E-state index in [1.165, 1.54) is 11.3 Å². The fourth-order valence-electron chi connectivity index (χ4n) is 1.19. The first-order valence-corrected chi connectivity index (χ1v) is 9.09. The van der Waals surface area contributed by atoms with Crippen molar-refractivity contribution < 1.29 is 13.2 Å².